The molecule has 2 aromatic carbocycles. The third-order valence-corrected chi connectivity index (χ3v) is 6.03. The minimum absolute atomic E-state index is 0.795. The molecule has 0 saturated carbocycles. The highest BCUT2D eigenvalue weighted by Crippen LogP contribution is 2.21. The van der Waals surface area contributed by atoms with E-state index in [9.17, 15) is 0 Å². The zero-order chi connectivity index (χ0) is 20.1. The average Bonchev–Trinajstić information content (AvgIpc) is 3.21. The van der Waals surface area contributed by atoms with Crippen LogP contribution in [0, 0.1) is 0 Å². The first-order chi connectivity index (χ1) is 14.3. The van der Waals surface area contributed by atoms with Gasteiger partial charge in [-0.15, -0.1) is 11.3 Å². The zero-order valence-electron chi connectivity index (χ0n) is 16.9. The van der Waals surface area contributed by atoms with Gasteiger partial charge in [0.15, 0.2) is 0 Å². The summed E-state index contributed by atoms with van der Waals surface area (Å²) < 4.78 is 7.35. The quantitative estimate of drug-likeness (QED) is 0.601. The molecule has 0 radical (unpaired) electrons. The Hall–Kier alpha value is -2.70. The fourth-order valence-corrected chi connectivity index (χ4v) is 4.19. The van der Waals surface area contributed by atoms with Crippen LogP contribution in [0.4, 0.5) is 5.69 Å². The first kappa shape index (κ1) is 19.6. The lowest BCUT2D eigenvalue weighted by Crippen LogP contribution is -2.36. The summed E-state index contributed by atoms with van der Waals surface area (Å²) >= 11 is 1.60. The van der Waals surface area contributed by atoms with Crippen LogP contribution < -0.4 is 9.70 Å². The smallest absolute Gasteiger partial charge is 0.205 e. The highest BCUT2D eigenvalue weighted by atomic mass is 32.1. The number of morpholine rings is 1. The number of aromatic nitrogens is 1. The number of ether oxygens (including phenoxy) is 1. The van der Waals surface area contributed by atoms with Crippen molar-refractivity contribution in [1.29, 1.82) is 0 Å². The lowest BCUT2D eigenvalue weighted by atomic mass is 10.1. The number of hydrogen-bond acceptors (Lipinski definition) is 5. The highest BCUT2D eigenvalue weighted by Gasteiger charge is 2.11. The van der Waals surface area contributed by atoms with Crippen molar-refractivity contribution in [1.82, 2.24) is 4.68 Å². The average molecular weight is 407 g/mol. The van der Waals surface area contributed by atoms with Crippen LogP contribution in [0.3, 0.4) is 0 Å². The van der Waals surface area contributed by atoms with Crippen LogP contribution in [0.2, 0.25) is 0 Å². The number of aryl methyl sites for hydroxylation is 1. The van der Waals surface area contributed by atoms with Gasteiger partial charge in [-0.2, -0.15) is 5.10 Å². The maximum Gasteiger partial charge on any atom is 0.205 e. The number of thiazole rings is 1. The third kappa shape index (κ3) is 4.49. The first-order valence-electron chi connectivity index (χ1n) is 9.98. The Morgan fingerprint density at radius 2 is 1.76 bits per heavy atom. The predicted molar refractivity (Wildman–Crippen MR) is 121 cm³/mol. The molecule has 5 nitrogen and oxygen atoms in total. The van der Waals surface area contributed by atoms with Gasteiger partial charge in [-0.25, -0.2) is 4.68 Å². The van der Waals surface area contributed by atoms with Crippen LogP contribution in [0.5, 0.6) is 0 Å². The molecule has 0 bridgehead atoms. The first-order valence-corrected chi connectivity index (χ1v) is 10.9. The normalized spacial score (nSPS) is 15.4. The van der Waals surface area contributed by atoms with Crippen molar-refractivity contribution in [3.05, 3.63) is 69.8 Å². The maximum atomic E-state index is 5.43. The second-order valence-corrected chi connectivity index (χ2v) is 7.76. The summed E-state index contributed by atoms with van der Waals surface area (Å²) in [6, 6.07) is 17.2. The topological polar surface area (TPSA) is 42.1 Å². The van der Waals surface area contributed by atoms with Gasteiger partial charge in [-0.3, -0.25) is 4.99 Å². The Morgan fingerprint density at radius 3 is 2.41 bits per heavy atom. The summed E-state index contributed by atoms with van der Waals surface area (Å²) in [6.45, 7) is 5.65. The lowest BCUT2D eigenvalue weighted by Gasteiger charge is -2.28. The summed E-state index contributed by atoms with van der Waals surface area (Å²) in [5.74, 6) is 0. The summed E-state index contributed by atoms with van der Waals surface area (Å²) in [4.78, 5) is 7.61. The molecule has 0 unspecified atom stereocenters. The molecule has 0 spiro atoms. The fraction of sp³-hybridized carbons (Fsp3) is 0.304. The number of nitrogens with zero attached hydrogens (tertiary/aromatic N) is 4. The van der Waals surface area contributed by atoms with Crippen LogP contribution in [-0.2, 0) is 11.2 Å². The summed E-state index contributed by atoms with van der Waals surface area (Å²) in [5, 5.41) is 6.86. The second kappa shape index (κ2) is 9.20. The Balaban J connectivity index is 1.58. The van der Waals surface area contributed by atoms with Gasteiger partial charge in [-0.1, -0.05) is 43.3 Å². The van der Waals surface area contributed by atoms with Gasteiger partial charge in [0.1, 0.15) is 0 Å². The SMILES string of the molecule is CCc1ccc(-c2csc(=NC)n2/N=C/c2ccc(N3CCOCC3)cc2)cc1. The van der Waals surface area contributed by atoms with E-state index in [1.54, 1.807) is 18.4 Å². The predicted octanol–water partition coefficient (Wildman–Crippen LogP) is 4.03. The van der Waals surface area contributed by atoms with Crippen molar-refractivity contribution in [2.45, 2.75) is 13.3 Å². The van der Waals surface area contributed by atoms with E-state index in [2.05, 4.69) is 70.7 Å². The second-order valence-electron chi connectivity index (χ2n) is 6.92. The van der Waals surface area contributed by atoms with E-state index in [1.807, 2.05) is 10.9 Å². The Kier molecular flexibility index (Phi) is 6.22. The van der Waals surface area contributed by atoms with Gasteiger partial charge >= 0.3 is 0 Å². The largest absolute Gasteiger partial charge is 0.378 e. The molecule has 3 aromatic rings. The van der Waals surface area contributed by atoms with Gasteiger partial charge in [0.2, 0.25) is 4.80 Å². The van der Waals surface area contributed by atoms with Gasteiger partial charge < -0.3 is 9.64 Å². The summed E-state index contributed by atoms with van der Waals surface area (Å²) in [7, 11) is 1.80. The monoisotopic (exact) mass is 406 g/mol. The molecular weight excluding hydrogens is 380 g/mol. The standard InChI is InChI=1S/C23H26N4OS/c1-3-18-4-8-20(9-5-18)22-17-29-23(24-2)27(22)25-16-19-6-10-21(11-7-19)26-12-14-28-15-13-26/h4-11,16-17H,3,12-15H2,1-2H3/b24-23?,25-16+. The van der Waals surface area contributed by atoms with Crippen LogP contribution in [0.1, 0.15) is 18.1 Å². The Morgan fingerprint density at radius 1 is 1.03 bits per heavy atom. The van der Waals surface area contributed by atoms with Gasteiger partial charge in [0.05, 0.1) is 25.1 Å². The number of hydrogen-bond donors (Lipinski definition) is 0. The number of rotatable bonds is 5. The molecule has 0 N–H and O–H groups in total. The summed E-state index contributed by atoms with van der Waals surface area (Å²) in [5.41, 5.74) is 5.83. The molecule has 1 fully saturated rings. The molecule has 1 saturated heterocycles. The molecule has 1 aliphatic heterocycles. The number of anilines is 1. The molecule has 2 heterocycles. The van der Waals surface area contributed by atoms with Crippen molar-refractivity contribution < 1.29 is 4.74 Å². The zero-order valence-corrected chi connectivity index (χ0v) is 17.7. The van der Waals surface area contributed by atoms with Crippen molar-refractivity contribution in [2.24, 2.45) is 10.1 Å². The summed E-state index contributed by atoms with van der Waals surface area (Å²) in [6.07, 6.45) is 2.94. The van der Waals surface area contributed by atoms with E-state index in [0.29, 0.717) is 0 Å². The van der Waals surface area contributed by atoms with Crippen molar-refractivity contribution in [3.8, 4) is 11.3 Å². The molecule has 1 aliphatic rings. The minimum atomic E-state index is 0.795. The maximum absolute atomic E-state index is 5.43. The van der Waals surface area contributed by atoms with Crippen LogP contribution in [-0.4, -0.2) is 44.2 Å². The van der Waals surface area contributed by atoms with E-state index >= 15 is 0 Å². The van der Waals surface area contributed by atoms with Gasteiger partial charge in [0, 0.05) is 36.8 Å². The molecule has 0 aliphatic carbocycles. The Labute approximate surface area is 175 Å². The molecule has 6 heteroatoms. The Bertz CT molecular complexity index is 1030. The van der Waals surface area contributed by atoms with E-state index in [1.165, 1.54) is 11.3 Å². The molecule has 0 atom stereocenters. The van der Waals surface area contributed by atoms with Crippen LogP contribution in [0.15, 0.2) is 64.0 Å². The van der Waals surface area contributed by atoms with E-state index < -0.39 is 0 Å². The third-order valence-electron chi connectivity index (χ3n) is 5.13. The highest BCUT2D eigenvalue weighted by molar-refractivity contribution is 7.07. The lowest BCUT2D eigenvalue weighted by molar-refractivity contribution is 0.122. The van der Waals surface area contributed by atoms with Crippen molar-refractivity contribution in [2.75, 3.05) is 38.3 Å². The minimum Gasteiger partial charge on any atom is -0.378 e. The number of benzene rings is 2. The van der Waals surface area contributed by atoms with Crippen molar-refractivity contribution >= 4 is 23.2 Å². The van der Waals surface area contributed by atoms with Gasteiger partial charge in [0.25, 0.3) is 0 Å². The molecule has 1 aromatic heterocycles. The van der Waals surface area contributed by atoms with E-state index in [-0.39, 0.29) is 0 Å². The van der Waals surface area contributed by atoms with Gasteiger partial charge in [-0.05, 0) is 29.7 Å². The molecular formula is C23H26N4OS. The molecule has 0 amide bonds. The van der Waals surface area contributed by atoms with Crippen molar-refractivity contribution in [3.63, 3.8) is 0 Å². The molecule has 4 rings (SSSR count). The van der Waals surface area contributed by atoms with E-state index in [0.717, 1.165) is 54.3 Å². The molecule has 29 heavy (non-hydrogen) atoms. The fourth-order valence-electron chi connectivity index (χ4n) is 3.39. The molecule has 150 valence electrons. The van der Waals surface area contributed by atoms with E-state index in [4.69, 9.17) is 9.84 Å². The van der Waals surface area contributed by atoms with Crippen LogP contribution in [0.25, 0.3) is 11.3 Å². The van der Waals surface area contributed by atoms with Crippen LogP contribution >= 0.6 is 11.3 Å².